The number of hydrogen-bond donors (Lipinski definition) is 0. The van der Waals surface area contributed by atoms with Crippen LogP contribution in [0.3, 0.4) is 0 Å². The molecule has 0 aliphatic carbocycles. The summed E-state index contributed by atoms with van der Waals surface area (Å²) in [7, 11) is -12.3. The molecule has 16 rings (SSSR count). The Morgan fingerprint density at radius 1 is 0.372 bits per heavy atom. The number of Topliss-reactive ketones (excluding diaryl/α,β-unsaturated/α-hetero) is 4. The number of ether oxygens (including phenoxy) is 4. The molecule has 30 nitrogen and oxygen atoms in total. The third-order valence-electron chi connectivity index (χ3n) is 27.8. The van der Waals surface area contributed by atoms with Crippen LogP contribution in [0.25, 0.3) is 67.0 Å². The maximum absolute atomic E-state index is 15.4. The highest BCUT2D eigenvalue weighted by atomic mass is 32.2. The summed E-state index contributed by atoms with van der Waals surface area (Å²) in [5.41, 5.74) is 3.65. The maximum atomic E-state index is 15.4. The van der Waals surface area contributed by atoms with Crippen LogP contribution in [0.15, 0.2) is 153 Å². The van der Waals surface area contributed by atoms with Gasteiger partial charge in [0.05, 0.1) is 113 Å². The van der Waals surface area contributed by atoms with Gasteiger partial charge in [-0.25, -0.2) is 76.2 Å². The van der Waals surface area contributed by atoms with Gasteiger partial charge in [0.2, 0.25) is 12.1 Å². The van der Waals surface area contributed by atoms with Crippen molar-refractivity contribution in [3.8, 4) is 45.9 Å². The monoisotopic (exact) mass is 2150 g/mol. The zero-order valence-electron chi connectivity index (χ0n) is 84.0. The van der Waals surface area contributed by atoms with E-state index < -0.39 is 116 Å². The van der Waals surface area contributed by atoms with Gasteiger partial charge in [-0.2, -0.15) is 35.1 Å². The van der Waals surface area contributed by atoms with Gasteiger partial charge in [-0.15, -0.1) is 0 Å². The highest BCUT2D eigenvalue weighted by molar-refractivity contribution is 7.92. The highest BCUT2D eigenvalue weighted by Gasteiger charge is 2.43. The van der Waals surface area contributed by atoms with Crippen molar-refractivity contribution in [1.82, 2.24) is 46.5 Å². The van der Waals surface area contributed by atoms with Crippen LogP contribution in [-0.4, -0.2) is 181 Å². The van der Waals surface area contributed by atoms with Crippen molar-refractivity contribution in [3.63, 3.8) is 0 Å². The van der Waals surface area contributed by atoms with Crippen molar-refractivity contribution in [1.29, 1.82) is 0 Å². The minimum Gasteiger partial charge on any atom is -0.435 e. The van der Waals surface area contributed by atoms with E-state index in [0.717, 1.165) is 6.07 Å². The van der Waals surface area contributed by atoms with E-state index in [1.54, 1.807) is 106 Å². The number of pyridine rings is 2. The number of alkyl halides is 9. The normalized spacial score (nSPS) is 17.2. The largest absolute Gasteiger partial charge is 0.435 e. The number of nitrogens with zero attached hydrogens (tertiary/aromatic N) is 10. The number of fused-ring (bicyclic) bond motifs is 4. The molecule has 6 aromatic carbocycles. The van der Waals surface area contributed by atoms with Crippen LogP contribution in [0.1, 0.15) is 257 Å². The molecule has 4 aliphatic heterocycles. The summed E-state index contributed by atoms with van der Waals surface area (Å²) in [5.74, 6) is -2.21. The Hall–Kier alpha value is -12.3. The van der Waals surface area contributed by atoms with Crippen molar-refractivity contribution >= 4 is 107 Å². The van der Waals surface area contributed by atoms with Crippen LogP contribution in [0.4, 0.5) is 43.9 Å². The average Bonchev–Trinajstić information content (AvgIpc) is 1.66. The second-order valence-electron chi connectivity index (χ2n) is 41.0. The van der Waals surface area contributed by atoms with Crippen LogP contribution in [0, 0.1) is 48.2 Å². The summed E-state index contributed by atoms with van der Waals surface area (Å²) in [5, 5.41) is 0. The topological polar surface area (TPSA) is 375 Å². The summed E-state index contributed by atoms with van der Waals surface area (Å²) in [6, 6.07) is 28.1. The quantitative estimate of drug-likeness (QED) is 0.0310. The minimum absolute atomic E-state index is 0. The SMILES string of the molecule is C.CC(C)n1c(=O)n(-c2cccc(OC(F)(F)C(C)F)c2)c2ncc(C(=O)CC3(C)CCS(=O)(=O)CC3)cc21.Cc1ccc(OC(F)F)cc1-n1c(=O)n(C(C)C)c2cc(C(=O)CC3(C)CCS(=O)(=O)CC3)c(F)cc21.Cc1ccc(OC(F)F)cc1-n1c(=O)n(C(C)C)c2cc(C(=O)CC3(C)CCS(=O)(=O)CC3)ccc21.Cc1cnc(OC(F)F)cc1-n1c(=O)n(C(C)C)c2cc(C(=O)CC3(C)CCS(=O)(=O)CC3)ccc21. The number of sulfone groups is 4. The summed E-state index contributed by atoms with van der Waals surface area (Å²) < 4.78 is 257. The number of carbonyl (C=O) groups is 4. The van der Waals surface area contributed by atoms with Gasteiger partial charge in [0.15, 0.2) is 28.8 Å². The number of halogens is 10. The third kappa shape index (κ3) is 25.7. The predicted molar refractivity (Wildman–Crippen MR) is 544 cm³/mol. The van der Waals surface area contributed by atoms with Gasteiger partial charge in [-0.1, -0.05) is 53.3 Å². The standard InChI is InChI=1S/C26H30F3N3O5S.C26H29F3N2O5S.C26H30F2N2O5S.C25H29F2N3O5S.CH4/c1-16(2)31-21-12-18(22(33)14-25(4)8-10-38(35,36)11-9-25)15-30-23(21)32(24(31)34)19-6-5-7-20(13-19)37-26(28,29)17(3)27;1-15(2)30-21-12-18(23(32)14-26(4)7-9-37(34,35)10-8-26)19(27)13-22(21)31(25(30)33)20-11-17(36-24(28)29)6-5-16(20)3;1-16(2)29-22-13-18(23(31)15-26(4)9-11-36(33,34)12-10-26)6-8-20(22)30(25(29)32)21-14-19(35-24(27)28)7-5-17(21)3;1-15(2)29-20-11-17(21(31)13-25(4)7-9-36(33,34)10-8-25)5-6-18(20)30(24(29)32)19-12-22(35-23(26)27)28-14-16(19)3;/h5-7,12-13,15-17H,8-11,14H2,1-4H3;5-6,11-13,15,24H,7-10,14H2,1-4H3;5-8,13-14,16,24H,9-12,15H2,1-4H3;5-6,11-12,14-15,23H,7-10,13H2,1-4H3;1H4. The van der Waals surface area contributed by atoms with E-state index in [4.69, 9.17) is 0 Å². The van der Waals surface area contributed by atoms with Gasteiger partial charge in [0.1, 0.15) is 62.4 Å². The zero-order chi connectivity index (χ0) is 108. The number of benzene rings is 6. The Labute approximate surface area is 849 Å². The van der Waals surface area contributed by atoms with Gasteiger partial charge in [-0.3, -0.25) is 51.1 Å². The molecule has 12 aromatic rings. The maximum Gasteiger partial charge on any atom is 0.429 e. The number of hydrogen-bond acceptors (Lipinski definition) is 22. The summed E-state index contributed by atoms with van der Waals surface area (Å²) in [6.07, 6.45) is -0.197. The molecule has 802 valence electrons. The Bertz CT molecular complexity index is 7610. The number of carbonyl (C=O) groups excluding carboxylic acids is 4. The van der Waals surface area contributed by atoms with E-state index in [1.165, 1.54) is 107 Å². The number of rotatable bonds is 29. The molecule has 4 fully saturated rings. The van der Waals surface area contributed by atoms with E-state index in [9.17, 15) is 112 Å². The van der Waals surface area contributed by atoms with Crippen molar-refractivity contribution in [2.75, 3.05) is 46.0 Å². The Kier molecular flexibility index (Phi) is 34.1. The zero-order valence-corrected chi connectivity index (χ0v) is 87.3. The summed E-state index contributed by atoms with van der Waals surface area (Å²) >= 11 is 0. The molecule has 44 heteroatoms. The van der Waals surface area contributed by atoms with Crippen LogP contribution in [-0.2, 0) is 39.3 Å². The van der Waals surface area contributed by atoms with Crippen LogP contribution in [0.5, 0.6) is 23.1 Å². The fraction of sp³-hybridized carbons (Fsp3) is 0.481. The molecular formula is C104H122F10N10O20S4. The molecule has 4 saturated heterocycles. The molecule has 0 amide bonds. The van der Waals surface area contributed by atoms with Crippen LogP contribution < -0.4 is 41.7 Å². The molecule has 0 spiro atoms. The van der Waals surface area contributed by atoms with E-state index in [1.807, 2.05) is 55.4 Å². The van der Waals surface area contributed by atoms with Crippen LogP contribution in [0.2, 0.25) is 0 Å². The first-order valence-electron chi connectivity index (χ1n) is 47.9. The number of imidazole rings is 4. The van der Waals surface area contributed by atoms with Gasteiger partial charge in [-0.05, 0) is 246 Å². The van der Waals surface area contributed by atoms with E-state index >= 15 is 4.39 Å². The fourth-order valence-electron chi connectivity index (χ4n) is 19.0. The van der Waals surface area contributed by atoms with Crippen molar-refractivity contribution in [3.05, 3.63) is 220 Å². The predicted octanol–water partition coefficient (Wildman–Crippen LogP) is 20.3. The summed E-state index contributed by atoms with van der Waals surface area (Å²) in [4.78, 5) is 115. The molecule has 1 atom stereocenters. The second-order valence-corrected chi connectivity index (χ2v) is 50.2. The van der Waals surface area contributed by atoms with E-state index in [-0.39, 0.29) is 189 Å². The molecule has 1 unspecified atom stereocenters. The van der Waals surface area contributed by atoms with Crippen molar-refractivity contribution in [2.45, 2.75) is 252 Å². The number of ketones is 4. The van der Waals surface area contributed by atoms with Crippen molar-refractivity contribution < 1.29 is 116 Å². The Morgan fingerprint density at radius 2 is 0.716 bits per heavy atom. The number of aryl methyl sites for hydroxylation is 3. The molecule has 10 heterocycles. The molecule has 0 N–H and O–H groups in total. The average molecular weight is 2150 g/mol. The molecule has 0 radical (unpaired) electrons. The van der Waals surface area contributed by atoms with E-state index in [2.05, 4.69) is 28.9 Å². The first-order chi connectivity index (χ1) is 68.4. The molecular weight excluding hydrogens is 2030 g/mol. The van der Waals surface area contributed by atoms with Gasteiger partial charge in [0.25, 0.3) is 0 Å². The fourth-order valence-corrected chi connectivity index (χ4v) is 26.3. The van der Waals surface area contributed by atoms with Crippen LogP contribution >= 0.6 is 0 Å². The first kappa shape index (κ1) is 114. The second kappa shape index (κ2) is 44.1. The Morgan fingerprint density at radius 3 is 1.09 bits per heavy atom. The van der Waals surface area contributed by atoms with Gasteiger partial charge in [0, 0.05) is 109 Å². The van der Waals surface area contributed by atoms with E-state index in [0.29, 0.717) is 131 Å². The van der Waals surface area contributed by atoms with Gasteiger partial charge < -0.3 is 18.9 Å². The molecule has 148 heavy (non-hydrogen) atoms. The molecule has 6 aromatic heterocycles. The lowest BCUT2D eigenvalue weighted by molar-refractivity contribution is -0.215. The smallest absolute Gasteiger partial charge is 0.429 e. The highest BCUT2D eigenvalue weighted by Crippen LogP contribution is 2.44. The van der Waals surface area contributed by atoms with Crippen molar-refractivity contribution in [2.24, 2.45) is 21.7 Å². The lowest BCUT2D eigenvalue weighted by Gasteiger charge is -2.32. The van der Waals surface area contributed by atoms with Gasteiger partial charge >= 0.3 is 48.7 Å². The third-order valence-corrected chi connectivity index (χ3v) is 34.4. The lowest BCUT2D eigenvalue weighted by Crippen LogP contribution is -2.34. The minimum atomic E-state index is -4.05. The number of aromatic nitrogens is 10. The molecule has 0 bridgehead atoms. The Balaban J connectivity index is 0.000000175. The molecule has 0 saturated carbocycles. The summed E-state index contributed by atoms with van der Waals surface area (Å²) in [6.45, 7) is 18.8. The first-order valence-corrected chi connectivity index (χ1v) is 55.2. The lowest BCUT2D eigenvalue weighted by atomic mass is 9.78. The molecule has 4 aliphatic rings.